The highest BCUT2D eigenvalue weighted by Gasteiger charge is 2.09. The van der Waals surface area contributed by atoms with Gasteiger partial charge >= 0.3 is 0 Å². The van der Waals surface area contributed by atoms with E-state index in [1.165, 1.54) is 5.56 Å². The molecule has 96 valence electrons. The van der Waals surface area contributed by atoms with Gasteiger partial charge in [0.05, 0.1) is 11.6 Å². The van der Waals surface area contributed by atoms with Gasteiger partial charge in [-0.15, -0.1) is 0 Å². The van der Waals surface area contributed by atoms with Gasteiger partial charge in [0.2, 0.25) is 0 Å². The summed E-state index contributed by atoms with van der Waals surface area (Å²) in [6.07, 6.45) is 0. The molecule has 3 heteroatoms. The summed E-state index contributed by atoms with van der Waals surface area (Å²) < 4.78 is 5.60. The van der Waals surface area contributed by atoms with Gasteiger partial charge < -0.3 is 10.2 Å². The standard InChI is InChI=1S/C16H14ClNO/c1-10-2-4-11(5-3-10)12-6-13-7-14(9-18)19-16(13)15(17)8-12/h2-8H,9,18H2,1H3. The minimum absolute atomic E-state index is 0.380. The molecule has 0 atom stereocenters. The molecule has 1 heterocycles. The molecule has 0 amide bonds. The number of hydrogen-bond donors (Lipinski definition) is 1. The summed E-state index contributed by atoms with van der Waals surface area (Å²) in [6.45, 7) is 2.45. The molecule has 2 nitrogen and oxygen atoms in total. The van der Waals surface area contributed by atoms with Crippen molar-refractivity contribution in [3.8, 4) is 11.1 Å². The van der Waals surface area contributed by atoms with E-state index in [9.17, 15) is 0 Å². The third-order valence-electron chi connectivity index (χ3n) is 3.21. The first-order chi connectivity index (χ1) is 9.17. The van der Waals surface area contributed by atoms with Gasteiger partial charge in [-0.05, 0) is 36.2 Å². The monoisotopic (exact) mass is 271 g/mol. The number of nitrogens with two attached hydrogens (primary N) is 1. The maximum absolute atomic E-state index is 6.28. The van der Waals surface area contributed by atoms with Crippen molar-refractivity contribution in [1.29, 1.82) is 0 Å². The van der Waals surface area contributed by atoms with Gasteiger partial charge in [-0.25, -0.2) is 0 Å². The maximum Gasteiger partial charge on any atom is 0.152 e. The molecule has 1 aromatic heterocycles. The Morgan fingerprint density at radius 3 is 2.47 bits per heavy atom. The van der Waals surface area contributed by atoms with Crippen LogP contribution >= 0.6 is 11.6 Å². The highest BCUT2D eigenvalue weighted by Crippen LogP contribution is 2.32. The molecule has 3 rings (SSSR count). The molecular weight excluding hydrogens is 258 g/mol. The Morgan fingerprint density at radius 1 is 1.05 bits per heavy atom. The fourth-order valence-corrected chi connectivity index (χ4v) is 2.44. The van der Waals surface area contributed by atoms with Crippen LogP contribution in [0.15, 0.2) is 46.9 Å². The quantitative estimate of drug-likeness (QED) is 0.744. The Hall–Kier alpha value is -1.77. The van der Waals surface area contributed by atoms with Crippen LogP contribution in [0.2, 0.25) is 5.02 Å². The molecule has 0 aliphatic carbocycles. The SMILES string of the molecule is Cc1ccc(-c2cc(Cl)c3oc(CN)cc3c2)cc1. The topological polar surface area (TPSA) is 39.2 Å². The molecule has 0 radical (unpaired) electrons. The van der Waals surface area contributed by atoms with E-state index in [0.29, 0.717) is 17.2 Å². The molecule has 0 saturated carbocycles. The van der Waals surface area contributed by atoms with Crippen LogP contribution in [0.3, 0.4) is 0 Å². The molecule has 0 aliphatic rings. The number of fused-ring (bicyclic) bond motifs is 1. The lowest BCUT2D eigenvalue weighted by molar-refractivity contribution is 0.552. The van der Waals surface area contributed by atoms with Crippen LogP contribution < -0.4 is 5.73 Å². The molecule has 0 fully saturated rings. The Labute approximate surface area is 116 Å². The van der Waals surface area contributed by atoms with E-state index in [2.05, 4.69) is 37.3 Å². The second-order valence-corrected chi connectivity index (χ2v) is 5.07. The molecule has 19 heavy (non-hydrogen) atoms. The lowest BCUT2D eigenvalue weighted by Gasteiger charge is -2.03. The highest BCUT2D eigenvalue weighted by molar-refractivity contribution is 6.35. The summed E-state index contributed by atoms with van der Waals surface area (Å²) in [7, 11) is 0. The Morgan fingerprint density at radius 2 is 1.79 bits per heavy atom. The summed E-state index contributed by atoms with van der Waals surface area (Å²) in [5, 5.41) is 1.61. The Kier molecular flexibility index (Phi) is 3.05. The number of benzene rings is 2. The molecule has 2 N–H and O–H groups in total. The summed E-state index contributed by atoms with van der Waals surface area (Å²) in [5.74, 6) is 0.748. The second-order valence-electron chi connectivity index (χ2n) is 4.66. The van der Waals surface area contributed by atoms with Crippen LogP contribution in [0.25, 0.3) is 22.1 Å². The van der Waals surface area contributed by atoms with E-state index < -0.39 is 0 Å². The summed E-state index contributed by atoms with van der Waals surface area (Å²) in [5.41, 5.74) is 9.77. The van der Waals surface area contributed by atoms with Crippen molar-refractivity contribution in [3.05, 3.63) is 58.8 Å². The second kappa shape index (κ2) is 4.72. The average molecular weight is 272 g/mol. The normalized spacial score (nSPS) is 11.1. The van der Waals surface area contributed by atoms with Gasteiger partial charge in [-0.3, -0.25) is 0 Å². The predicted molar refractivity (Wildman–Crippen MR) is 79.3 cm³/mol. The number of furan rings is 1. The van der Waals surface area contributed by atoms with Crippen molar-refractivity contribution in [3.63, 3.8) is 0 Å². The van der Waals surface area contributed by atoms with E-state index in [1.54, 1.807) is 0 Å². The third kappa shape index (κ3) is 2.25. The highest BCUT2D eigenvalue weighted by atomic mass is 35.5. The molecule has 0 aliphatic heterocycles. The largest absolute Gasteiger partial charge is 0.458 e. The zero-order valence-electron chi connectivity index (χ0n) is 10.6. The Balaban J connectivity index is 2.17. The molecule has 2 aromatic carbocycles. The van der Waals surface area contributed by atoms with Crippen LogP contribution in [0.4, 0.5) is 0 Å². The lowest BCUT2D eigenvalue weighted by Crippen LogP contribution is -1.92. The lowest BCUT2D eigenvalue weighted by atomic mass is 10.0. The van der Waals surface area contributed by atoms with Crippen LogP contribution in [0, 0.1) is 6.92 Å². The predicted octanol–water partition coefficient (Wildman–Crippen LogP) is 4.52. The summed E-state index contributed by atoms with van der Waals surface area (Å²) in [4.78, 5) is 0. The Bertz CT molecular complexity index is 728. The third-order valence-corrected chi connectivity index (χ3v) is 3.49. The van der Waals surface area contributed by atoms with E-state index in [4.69, 9.17) is 21.8 Å². The molecule has 3 aromatic rings. The van der Waals surface area contributed by atoms with Gasteiger partial charge in [0, 0.05) is 5.39 Å². The first-order valence-corrected chi connectivity index (χ1v) is 6.54. The minimum Gasteiger partial charge on any atom is -0.458 e. The van der Waals surface area contributed by atoms with Crippen LogP contribution in [-0.2, 0) is 6.54 Å². The van der Waals surface area contributed by atoms with E-state index in [1.807, 2.05) is 12.1 Å². The molecule has 0 bridgehead atoms. The van der Waals surface area contributed by atoms with E-state index in [-0.39, 0.29) is 0 Å². The van der Waals surface area contributed by atoms with Crippen LogP contribution in [0.5, 0.6) is 0 Å². The van der Waals surface area contributed by atoms with Crippen molar-refractivity contribution in [2.45, 2.75) is 13.5 Å². The summed E-state index contributed by atoms with van der Waals surface area (Å²) in [6, 6.07) is 14.3. The number of aryl methyl sites for hydroxylation is 1. The van der Waals surface area contributed by atoms with Crippen molar-refractivity contribution in [1.82, 2.24) is 0 Å². The van der Waals surface area contributed by atoms with Crippen molar-refractivity contribution >= 4 is 22.6 Å². The fraction of sp³-hybridized carbons (Fsp3) is 0.125. The van der Waals surface area contributed by atoms with Gasteiger partial charge in [-0.2, -0.15) is 0 Å². The smallest absolute Gasteiger partial charge is 0.152 e. The zero-order valence-corrected chi connectivity index (χ0v) is 11.4. The first-order valence-electron chi connectivity index (χ1n) is 6.16. The fourth-order valence-electron chi connectivity index (χ4n) is 2.18. The van der Waals surface area contributed by atoms with Crippen LogP contribution in [-0.4, -0.2) is 0 Å². The minimum atomic E-state index is 0.380. The van der Waals surface area contributed by atoms with E-state index in [0.717, 1.165) is 22.3 Å². The zero-order chi connectivity index (χ0) is 13.4. The molecule has 0 spiro atoms. The number of rotatable bonds is 2. The van der Waals surface area contributed by atoms with Gasteiger partial charge in [0.25, 0.3) is 0 Å². The maximum atomic E-state index is 6.28. The molecular formula is C16H14ClNO. The average Bonchev–Trinajstić information content (AvgIpc) is 2.83. The van der Waals surface area contributed by atoms with E-state index >= 15 is 0 Å². The van der Waals surface area contributed by atoms with Gasteiger partial charge in [0.1, 0.15) is 5.76 Å². The van der Waals surface area contributed by atoms with Crippen LogP contribution in [0.1, 0.15) is 11.3 Å². The first kappa shape index (κ1) is 12.3. The van der Waals surface area contributed by atoms with Gasteiger partial charge in [0.15, 0.2) is 5.58 Å². The molecule has 0 saturated heterocycles. The van der Waals surface area contributed by atoms with Crippen molar-refractivity contribution in [2.24, 2.45) is 5.73 Å². The molecule has 0 unspecified atom stereocenters. The number of halogens is 1. The van der Waals surface area contributed by atoms with Gasteiger partial charge in [-0.1, -0.05) is 41.4 Å². The summed E-state index contributed by atoms with van der Waals surface area (Å²) >= 11 is 6.28. The number of hydrogen-bond acceptors (Lipinski definition) is 2. The van der Waals surface area contributed by atoms with Crippen molar-refractivity contribution < 1.29 is 4.42 Å². The van der Waals surface area contributed by atoms with Crippen molar-refractivity contribution in [2.75, 3.05) is 0 Å².